The first kappa shape index (κ1) is 14.6. The molecule has 104 valence electrons. The van der Waals surface area contributed by atoms with Gasteiger partial charge in [-0.1, -0.05) is 23.2 Å². The van der Waals surface area contributed by atoms with Gasteiger partial charge in [-0.2, -0.15) is 0 Å². The van der Waals surface area contributed by atoms with Crippen LogP contribution in [-0.2, 0) is 0 Å². The van der Waals surface area contributed by atoms with Gasteiger partial charge in [0.2, 0.25) is 0 Å². The number of carbonyl (C=O) groups is 1. The summed E-state index contributed by atoms with van der Waals surface area (Å²) >= 11 is 11.6. The van der Waals surface area contributed by atoms with Gasteiger partial charge in [-0.05, 0) is 18.2 Å². The van der Waals surface area contributed by atoms with E-state index in [0.29, 0.717) is 5.69 Å². The average Bonchev–Trinajstić information content (AvgIpc) is 2.43. The highest BCUT2D eigenvalue weighted by atomic mass is 35.5. The molecule has 0 radical (unpaired) electrons. The predicted molar refractivity (Wildman–Crippen MR) is 75.2 cm³/mol. The number of ether oxygens (including phenoxy) is 1. The third kappa shape index (κ3) is 3.18. The minimum atomic E-state index is -0.518. The van der Waals surface area contributed by atoms with Crippen molar-refractivity contribution in [3.8, 4) is 5.75 Å². The van der Waals surface area contributed by atoms with Crippen LogP contribution in [0.25, 0.3) is 0 Å². The van der Waals surface area contributed by atoms with E-state index >= 15 is 0 Å². The number of hydrogen-bond donors (Lipinski definition) is 1. The number of halogens is 3. The Balaban J connectivity index is 2.25. The topological polar surface area (TPSA) is 51.2 Å². The summed E-state index contributed by atoms with van der Waals surface area (Å²) in [6.07, 6.45) is 1.28. The molecule has 0 saturated carbocycles. The van der Waals surface area contributed by atoms with E-state index in [1.54, 1.807) is 0 Å². The fraction of sp³-hybridized carbons (Fsp3) is 0.0769. The van der Waals surface area contributed by atoms with Crippen LogP contribution in [-0.4, -0.2) is 18.0 Å². The monoisotopic (exact) mass is 314 g/mol. The molecule has 0 fully saturated rings. The van der Waals surface area contributed by atoms with E-state index in [1.807, 2.05) is 0 Å². The second-order valence-electron chi connectivity index (χ2n) is 3.79. The lowest BCUT2D eigenvalue weighted by molar-refractivity contribution is 0.102. The maximum Gasteiger partial charge on any atom is 0.257 e. The molecule has 2 rings (SSSR count). The lowest BCUT2D eigenvalue weighted by Crippen LogP contribution is -2.13. The second-order valence-corrected chi connectivity index (χ2v) is 4.58. The summed E-state index contributed by atoms with van der Waals surface area (Å²) in [5, 5.41) is 2.89. The van der Waals surface area contributed by atoms with E-state index in [-0.39, 0.29) is 21.5 Å². The molecule has 0 aliphatic heterocycles. The fourth-order valence-corrected chi connectivity index (χ4v) is 1.87. The number of nitrogens with zero attached hydrogens (tertiary/aromatic N) is 1. The summed E-state index contributed by atoms with van der Waals surface area (Å²) in [7, 11) is 1.34. The number of nitrogens with one attached hydrogen (secondary N) is 1. The van der Waals surface area contributed by atoms with Crippen molar-refractivity contribution < 1.29 is 13.9 Å². The summed E-state index contributed by atoms with van der Waals surface area (Å²) in [5.74, 6) is -0.967. The Kier molecular flexibility index (Phi) is 4.42. The number of methoxy groups -OCH3 is 1. The number of hydrogen-bond acceptors (Lipinski definition) is 3. The molecule has 7 heteroatoms. The smallest absolute Gasteiger partial charge is 0.257 e. The van der Waals surface area contributed by atoms with Gasteiger partial charge in [0.05, 0.1) is 17.7 Å². The van der Waals surface area contributed by atoms with E-state index in [1.165, 1.54) is 37.6 Å². The molecule has 2 aromatic rings. The molecule has 0 spiro atoms. The van der Waals surface area contributed by atoms with Gasteiger partial charge in [0, 0.05) is 18.0 Å². The van der Waals surface area contributed by atoms with Crippen LogP contribution in [0.4, 0.5) is 10.1 Å². The fourth-order valence-electron chi connectivity index (χ4n) is 1.52. The van der Waals surface area contributed by atoms with Gasteiger partial charge in [-0.3, -0.25) is 4.79 Å². The summed E-state index contributed by atoms with van der Waals surface area (Å²) < 4.78 is 18.1. The van der Waals surface area contributed by atoms with Crippen molar-refractivity contribution in [3.05, 3.63) is 52.0 Å². The highest BCUT2D eigenvalue weighted by Crippen LogP contribution is 2.23. The first-order valence-electron chi connectivity index (χ1n) is 5.47. The van der Waals surface area contributed by atoms with Crippen LogP contribution in [0.2, 0.25) is 10.2 Å². The molecule has 1 amide bonds. The quantitative estimate of drug-likeness (QED) is 0.877. The van der Waals surface area contributed by atoms with Gasteiger partial charge in [0.15, 0.2) is 11.6 Å². The van der Waals surface area contributed by atoms with E-state index in [9.17, 15) is 9.18 Å². The number of carbonyl (C=O) groups excluding carboxylic acids is 1. The molecule has 0 unspecified atom stereocenters. The first-order valence-corrected chi connectivity index (χ1v) is 6.23. The standard InChI is InChI=1S/C13H9Cl2FN2O2/c1-20-11-4-7(2-3-10(11)16)18-13(19)8-5-12(15)17-6-9(8)14/h2-6H,1H3,(H,18,19). The van der Waals surface area contributed by atoms with E-state index in [2.05, 4.69) is 10.3 Å². The Bertz CT molecular complexity index is 665. The highest BCUT2D eigenvalue weighted by Gasteiger charge is 2.13. The molecule has 4 nitrogen and oxygen atoms in total. The third-order valence-corrected chi connectivity index (χ3v) is 2.98. The molecule has 0 atom stereocenters. The number of rotatable bonds is 3. The van der Waals surface area contributed by atoms with E-state index < -0.39 is 11.7 Å². The zero-order chi connectivity index (χ0) is 14.7. The van der Waals surface area contributed by atoms with Gasteiger partial charge in [0.25, 0.3) is 5.91 Å². The Morgan fingerprint density at radius 1 is 1.35 bits per heavy atom. The number of benzene rings is 1. The van der Waals surface area contributed by atoms with Crippen LogP contribution in [0.15, 0.2) is 30.5 Å². The van der Waals surface area contributed by atoms with E-state index in [0.717, 1.165) is 0 Å². The zero-order valence-electron chi connectivity index (χ0n) is 10.3. The molecule has 0 aliphatic carbocycles. The van der Waals surface area contributed by atoms with Crippen molar-refractivity contribution >= 4 is 34.8 Å². The van der Waals surface area contributed by atoms with Crippen molar-refractivity contribution in [2.24, 2.45) is 0 Å². The molecule has 1 N–H and O–H groups in total. The van der Waals surface area contributed by atoms with Gasteiger partial charge in [-0.25, -0.2) is 9.37 Å². The lowest BCUT2D eigenvalue weighted by atomic mass is 10.2. The Morgan fingerprint density at radius 2 is 2.10 bits per heavy atom. The molecular weight excluding hydrogens is 306 g/mol. The highest BCUT2D eigenvalue weighted by molar-refractivity contribution is 6.35. The molecule has 1 heterocycles. The molecular formula is C13H9Cl2FN2O2. The minimum Gasteiger partial charge on any atom is -0.494 e. The normalized spacial score (nSPS) is 10.2. The largest absolute Gasteiger partial charge is 0.494 e. The van der Waals surface area contributed by atoms with Gasteiger partial charge < -0.3 is 10.1 Å². The van der Waals surface area contributed by atoms with Crippen molar-refractivity contribution in [2.75, 3.05) is 12.4 Å². The average molecular weight is 315 g/mol. The summed E-state index contributed by atoms with van der Waals surface area (Å²) in [4.78, 5) is 15.8. The van der Waals surface area contributed by atoms with Crippen LogP contribution in [0, 0.1) is 5.82 Å². The number of pyridine rings is 1. The van der Waals surface area contributed by atoms with Crippen molar-refractivity contribution in [2.45, 2.75) is 0 Å². The molecule has 1 aromatic carbocycles. The lowest BCUT2D eigenvalue weighted by Gasteiger charge is -2.09. The predicted octanol–water partition coefficient (Wildman–Crippen LogP) is 3.79. The van der Waals surface area contributed by atoms with Crippen LogP contribution in [0.3, 0.4) is 0 Å². The maximum atomic E-state index is 13.3. The SMILES string of the molecule is COc1cc(NC(=O)c2cc(Cl)ncc2Cl)ccc1F. The maximum absolute atomic E-state index is 13.3. The Hall–Kier alpha value is -1.85. The molecule has 0 saturated heterocycles. The third-order valence-electron chi connectivity index (χ3n) is 2.48. The molecule has 1 aromatic heterocycles. The molecule has 0 aliphatic rings. The molecule has 0 bridgehead atoms. The Morgan fingerprint density at radius 3 is 2.80 bits per heavy atom. The minimum absolute atomic E-state index is 0.0293. The van der Waals surface area contributed by atoms with Crippen LogP contribution in [0.1, 0.15) is 10.4 Å². The second kappa shape index (κ2) is 6.07. The van der Waals surface area contributed by atoms with Gasteiger partial charge in [0.1, 0.15) is 5.15 Å². The van der Waals surface area contributed by atoms with E-state index in [4.69, 9.17) is 27.9 Å². The molecule has 20 heavy (non-hydrogen) atoms. The Labute approximate surface area is 124 Å². The first-order chi connectivity index (χ1) is 9.51. The van der Waals surface area contributed by atoms with Gasteiger partial charge >= 0.3 is 0 Å². The van der Waals surface area contributed by atoms with Gasteiger partial charge in [-0.15, -0.1) is 0 Å². The number of anilines is 1. The van der Waals surface area contributed by atoms with Crippen LogP contribution < -0.4 is 10.1 Å². The van der Waals surface area contributed by atoms with Crippen molar-refractivity contribution in [1.29, 1.82) is 0 Å². The van der Waals surface area contributed by atoms with Crippen molar-refractivity contribution in [3.63, 3.8) is 0 Å². The summed E-state index contributed by atoms with van der Waals surface area (Å²) in [6.45, 7) is 0. The summed E-state index contributed by atoms with van der Waals surface area (Å²) in [6, 6.07) is 5.31. The summed E-state index contributed by atoms with van der Waals surface area (Å²) in [5.41, 5.74) is 0.548. The zero-order valence-corrected chi connectivity index (χ0v) is 11.8. The number of aromatic nitrogens is 1. The van der Waals surface area contributed by atoms with Crippen molar-refractivity contribution in [1.82, 2.24) is 4.98 Å². The van der Waals surface area contributed by atoms with Crippen LogP contribution in [0.5, 0.6) is 5.75 Å². The van der Waals surface area contributed by atoms with Crippen LogP contribution >= 0.6 is 23.2 Å². The number of amides is 1.